The van der Waals surface area contributed by atoms with Crippen LogP contribution in [-0.2, 0) is 9.36 Å². The summed E-state index contributed by atoms with van der Waals surface area (Å²) in [4.78, 5) is 19.4. The van der Waals surface area contributed by atoms with Gasteiger partial charge < -0.3 is 15.3 Å². The summed E-state index contributed by atoms with van der Waals surface area (Å²) in [6.07, 6.45) is 0.479. The van der Waals surface area contributed by atoms with Crippen molar-refractivity contribution in [2.75, 3.05) is 12.7 Å². The topological polar surface area (TPSA) is 86.6 Å². The van der Waals surface area contributed by atoms with Crippen molar-refractivity contribution in [2.45, 2.75) is 12.5 Å². The Morgan fingerprint density at radius 1 is 1.44 bits per heavy atom. The number of hydrogen-bond donors (Lipinski definition) is 4. The van der Waals surface area contributed by atoms with E-state index in [1.807, 2.05) is 0 Å². The summed E-state index contributed by atoms with van der Waals surface area (Å²) >= 11 is 3.55. The van der Waals surface area contributed by atoms with Gasteiger partial charge in [-0.15, -0.1) is 0 Å². The van der Waals surface area contributed by atoms with E-state index in [9.17, 15) is 9.36 Å². The van der Waals surface area contributed by atoms with Crippen molar-refractivity contribution in [2.24, 2.45) is 5.92 Å². The van der Waals surface area contributed by atoms with Crippen LogP contribution in [0.5, 0.6) is 0 Å². The quantitative estimate of drug-likeness (QED) is 0.281. The van der Waals surface area contributed by atoms with Gasteiger partial charge in [-0.25, -0.2) is 0 Å². The molecule has 1 rings (SSSR count). The molecule has 1 aliphatic rings. The molecule has 0 spiro atoms. The van der Waals surface area contributed by atoms with Crippen LogP contribution in [0.15, 0.2) is 0 Å². The van der Waals surface area contributed by atoms with Crippen LogP contribution in [0.25, 0.3) is 0 Å². The molecule has 0 bridgehead atoms. The zero-order valence-corrected chi connectivity index (χ0v) is 8.67. The molecule has 0 saturated carbocycles. The number of aliphatic carboxylic acids is 1. The van der Waals surface area contributed by atoms with E-state index in [-0.39, 0.29) is 101 Å². The fourth-order valence-electron chi connectivity index (χ4n) is 1.47. The first-order chi connectivity index (χ1) is 5.88. The molecular weight excluding hydrogens is 282 g/mol. The molecule has 3 N–H and O–H groups in total. The van der Waals surface area contributed by atoms with Crippen molar-refractivity contribution in [3.05, 3.63) is 0 Å². The Labute approximate surface area is 166 Å². The monoisotopic (exact) mass is 297 g/mol. The molecule has 82 valence electrons. The standard InChI is InChI=1S/C6H12NO4PS.3Na.3H/c8-6(9)5-1-4(2-7-5)3-12(10,11)13;;;;;;/h4-5,7H,1-3H2,(H,8,9)(H2,10,11,13);;;;;;/t4?,5-;;;;;;/m0....../s1. The molecule has 0 aromatic rings. The predicted octanol–water partition coefficient (Wildman–Crippen LogP) is -1.78. The second kappa shape index (κ2) is 10.7. The van der Waals surface area contributed by atoms with Gasteiger partial charge in [-0.3, -0.25) is 9.36 Å². The van der Waals surface area contributed by atoms with Gasteiger partial charge in [0.05, 0.1) is 0 Å². The Hall–Kier alpha value is 2.97. The Bertz CT molecular complexity index is 264. The molecule has 0 radical (unpaired) electrons. The third-order valence-electron chi connectivity index (χ3n) is 2.02. The molecule has 0 amide bonds. The summed E-state index contributed by atoms with van der Waals surface area (Å²) in [5.74, 6) is -0.969. The zero-order chi connectivity index (χ0) is 10.1. The molecule has 1 heterocycles. The number of carboxylic acids is 1. The molecule has 1 aliphatic heterocycles. The molecule has 0 aliphatic carbocycles. The first-order valence-electron chi connectivity index (χ1n) is 3.89. The fourth-order valence-corrected chi connectivity index (χ4v) is 3.12. The third-order valence-corrected chi connectivity index (χ3v) is 3.50. The van der Waals surface area contributed by atoms with Crippen LogP contribution in [0.1, 0.15) is 6.42 Å². The van der Waals surface area contributed by atoms with Crippen LogP contribution < -0.4 is 5.32 Å². The number of carbonyl (C=O) groups is 1. The Balaban J connectivity index is -0.000000563. The first kappa shape index (κ1) is 24.0. The summed E-state index contributed by atoms with van der Waals surface area (Å²) in [5.41, 5.74) is 0. The van der Waals surface area contributed by atoms with E-state index in [0.717, 1.165) is 0 Å². The van der Waals surface area contributed by atoms with E-state index in [1.54, 1.807) is 0 Å². The van der Waals surface area contributed by atoms with Gasteiger partial charge in [0.15, 0.2) is 0 Å². The zero-order valence-electron chi connectivity index (χ0n) is 6.88. The molecule has 0 aromatic heterocycles. The molecule has 1 saturated heterocycles. The van der Waals surface area contributed by atoms with Crippen molar-refractivity contribution in [1.82, 2.24) is 5.32 Å². The summed E-state index contributed by atoms with van der Waals surface area (Å²) in [5, 5.41) is 11.4. The Morgan fingerprint density at radius 3 is 2.25 bits per heavy atom. The van der Waals surface area contributed by atoms with Gasteiger partial charge in [0.2, 0.25) is 0 Å². The predicted molar refractivity (Wildman–Crippen MR) is 72.7 cm³/mol. The second-order valence-corrected chi connectivity index (χ2v) is 6.82. The molecule has 5 nitrogen and oxygen atoms in total. The molecule has 2 unspecified atom stereocenters. The third kappa shape index (κ3) is 9.84. The van der Waals surface area contributed by atoms with Gasteiger partial charge in [0, 0.05) is 6.16 Å². The van der Waals surface area contributed by atoms with E-state index < -0.39 is 18.6 Å². The first-order valence-corrected chi connectivity index (χ1v) is 6.89. The van der Waals surface area contributed by atoms with Gasteiger partial charge >= 0.3 is 94.6 Å². The molecule has 10 heteroatoms. The van der Waals surface area contributed by atoms with Crippen LogP contribution in [0, 0.1) is 5.92 Å². The van der Waals surface area contributed by atoms with E-state index in [2.05, 4.69) is 17.6 Å². The fraction of sp³-hybridized carbons (Fsp3) is 0.833. The van der Waals surface area contributed by atoms with Gasteiger partial charge in [0.25, 0.3) is 6.57 Å². The molecule has 0 aromatic carbocycles. The van der Waals surface area contributed by atoms with Crippen molar-refractivity contribution < 1.29 is 19.4 Å². The maximum absolute atomic E-state index is 10.9. The summed E-state index contributed by atoms with van der Waals surface area (Å²) in [6, 6.07) is -0.579. The SMILES string of the molecule is O=C(O)[C@@H]1CC(CP(=O)(O)S)CN1.[NaH].[NaH].[NaH]. The van der Waals surface area contributed by atoms with E-state index >= 15 is 0 Å². The van der Waals surface area contributed by atoms with Crippen LogP contribution >= 0.6 is 18.8 Å². The summed E-state index contributed by atoms with van der Waals surface area (Å²) in [7, 11) is 0. The number of hydrogen-bond acceptors (Lipinski definition) is 3. The minimum absolute atomic E-state index is 0. The average molecular weight is 297 g/mol. The Morgan fingerprint density at radius 2 is 1.94 bits per heavy atom. The van der Waals surface area contributed by atoms with E-state index in [1.165, 1.54) is 0 Å². The number of carboxylic acid groups (broad SMARTS) is 1. The van der Waals surface area contributed by atoms with Gasteiger partial charge in [-0.1, -0.05) is 12.2 Å². The molecule has 1 fully saturated rings. The minimum atomic E-state index is -3.31. The number of thiol groups is 1. The second-order valence-electron chi connectivity index (χ2n) is 3.25. The van der Waals surface area contributed by atoms with Crippen LogP contribution in [0.3, 0.4) is 0 Å². The van der Waals surface area contributed by atoms with Crippen molar-refractivity contribution in [3.8, 4) is 0 Å². The van der Waals surface area contributed by atoms with Gasteiger partial charge in [-0.2, -0.15) is 0 Å². The molecule has 3 atom stereocenters. The normalized spacial score (nSPS) is 26.6. The van der Waals surface area contributed by atoms with Crippen LogP contribution in [0.2, 0.25) is 0 Å². The number of nitrogens with one attached hydrogen (secondary N) is 1. The molecule has 16 heavy (non-hydrogen) atoms. The summed E-state index contributed by atoms with van der Waals surface area (Å²) in [6.45, 7) is -2.84. The van der Waals surface area contributed by atoms with Crippen molar-refractivity contribution in [3.63, 3.8) is 0 Å². The maximum atomic E-state index is 10.9. The van der Waals surface area contributed by atoms with Crippen molar-refractivity contribution in [1.29, 1.82) is 0 Å². The van der Waals surface area contributed by atoms with Gasteiger partial charge in [0.1, 0.15) is 6.04 Å². The van der Waals surface area contributed by atoms with Crippen LogP contribution in [-0.4, -0.2) is 123 Å². The van der Waals surface area contributed by atoms with Crippen LogP contribution in [0.4, 0.5) is 0 Å². The summed E-state index contributed by atoms with van der Waals surface area (Å²) < 4.78 is 10.9. The van der Waals surface area contributed by atoms with E-state index in [4.69, 9.17) is 10.00 Å². The van der Waals surface area contributed by atoms with Crippen molar-refractivity contribution >= 4 is 113 Å². The average Bonchev–Trinajstić information content (AvgIpc) is 2.31. The van der Waals surface area contributed by atoms with E-state index in [0.29, 0.717) is 13.0 Å². The molecular formula is C6H15NNa3O4PS. The Kier molecular flexibility index (Phi) is 16.1. The number of rotatable bonds is 3. The van der Waals surface area contributed by atoms with Gasteiger partial charge in [-0.05, 0) is 18.9 Å².